The van der Waals surface area contributed by atoms with Crippen LogP contribution in [0.15, 0.2) is 61.2 Å². The second kappa shape index (κ2) is 9.07. The number of fused-ring (bicyclic) bond motifs is 1. The maximum absolute atomic E-state index is 13.3. The van der Waals surface area contributed by atoms with Gasteiger partial charge < -0.3 is 26.0 Å². The van der Waals surface area contributed by atoms with E-state index in [0.717, 1.165) is 5.56 Å². The summed E-state index contributed by atoms with van der Waals surface area (Å²) in [7, 11) is 0. The zero-order valence-electron chi connectivity index (χ0n) is 18.5. The molecule has 33 heavy (non-hydrogen) atoms. The summed E-state index contributed by atoms with van der Waals surface area (Å²) in [6.07, 6.45) is -0.213. The lowest BCUT2D eigenvalue weighted by Crippen LogP contribution is -2.55. The molecular formula is C25H28N2O6. The molecule has 0 saturated heterocycles. The Balaban J connectivity index is 1.94. The third-order valence-corrected chi connectivity index (χ3v) is 6.44. The fourth-order valence-corrected chi connectivity index (χ4v) is 4.35. The number of phenolic OH excluding ortho intramolecular Hbond substituents is 1. The van der Waals surface area contributed by atoms with Crippen molar-refractivity contribution in [2.24, 2.45) is 5.41 Å². The quantitative estimate of drug-likeness (QED) is 0.293. The molecule has 3 rings (SSSR count). The summed E-state index contributed by atoms with van der Waals surface area (Å²) < 4.78 is 0. The SMILES string of the molecule is C=CC(C)(C)[C@@]1(C[C@@H](NC(=O)[C@@H](O)Cc2ccccc2)C(=O)O)C(=O)Nc2c(O)cccc21. The molecule has 8 heteroatoms. The van der Waals surface area contributed by atoms with Crippen LogP contribution in [0.25, 0.3) is 0 Å². The standard InChI is InChI=1S/C25H28N2O6/c1-4-24(2,3)25(16-11-8-12-18(28)20(16)27-23(25)33)14-17(22(31)32)26-21(30)19(29)13-15-9-6-5-7-10-15/h4-12,17,19,28-29H,1,13-14H2,2-3H3,(H,26,30)(H,27,33)(H,31,32)/t17-,19+,25-/m1/s1. The molecule has 5 N–H and O–H groups in total. The van der Waals surface area contributed by atoms with E-state index >= 15 is 0 Å². The predicted molar refractivity (Wildman–Crippen MR) is 123 cm³/mol. The summed E-state index contributed by atoms with van der Waals surface area (Å²) in [5, 5.41) is 35.5. The number of anilines is 1. The molecule has 2 aromatic carbocycles. The molecule has 3 atom stereocenters. The third kappa shape index (κ3) is 4.34. The van der Waals surface area contributed by atoms with Crippen LogP contribution in [0.4, 0.5) is 5.69 Å². The fraction of sp³-hybridized carbons (Fsp3) is 0.320. The summed E-state index contributed by atoms with van der Waals surface area (Å²) in [4.78, 5) is 38.1. The van der Waals surface area contributed by atoms with E-state index in [2.05, 4.69) is 17.2 Å². The largest absolute Gasteiger partial charge is 0.506 e. The Kier molecular flexibility index (Phi) is 6.60. The van der Waals surface area contributed by atoms with Crippen LogP contribution in [-0.2, 0) is 26.2 Å². The summed E-state index contributed by atoms with van der Waals surface area (Å²) in [6.45, 7) is 7.30. The van der Waals surface area contributed by atoms with E-state index in [1.165, 1.54) is 6.07 Å². The van der Waals surface area contributed by atoms with Crippen LogP contribution in [0, 0.1) is 5.41 Å². The number of carbonyl (C=O) groups excluding carboxylic acids is 2. The van der Waals surface area contributed by atoms with Crippen LogP contribution >= 0.6 is 0 Å². The molecule has 0 fully saturated rings. The van der Waals surface area contributed by atoms with Gasteiger partial charge in [0.15, 0.2) is 0 Å². The van der Waals surface area contributed by atoms with Crippen LogP contribution in [-0.4, -0.2) is 45.2 Å². The number of carbonyl (C=O) groups is 3. The molecule has 8 nitrogen and oxygen atoms in total. The van der Waals surface area contributed by atoms with Crippen LogP contribution in [0.1, 0.15) is 31.4 Å². The molecule has 0 saturated carbocycles. The average molecular weight is 453 g/mol. The number of benzene rings is 2. The van der Waals surface area contributed by atoms with E-state index in [0.29, 0.717) is 5.56 Å². The molecule has 0 aromatic heterocycles. The fourth-order valence-electron chi connectivity index (χ4n) is 4.35. The molecule has 0 unspecified atom stereocenters. The highest BCUT2D eigenvalue weighted by molar-refractivity contribution is 6.09. The van der Waals surface area contributed by atoms with Gasteiger partial charge in [0.05, 0.1) is 11.1 Å². The molecule has 2 aromatic rings. The van der Waals surface area contributed by atoms with Crippen molar-refractivity contribution in [3.63, 3.8) is 0 Å². The second-order valence-electron chi connectivity index (χ2n) is 8.79. The number of carboxylic acids is 1. The molecule has 174 valence electrons. The minimum absolute atomic E-state index is 0.0134. The molecule has 0 aliphatic carbocycles. The molecular weight excluding hydrogens is 424 g/mol. The van der Waals surface area contributed by atoms with Gasteiger partial charge in [0, 0.05) is 11.8 Å². The highest BCUT2D eigenvalue weighted by Crippen LogP contribution is 2.54. The maximum Gasteiger partial charge on any atom is 0.326 e. The number of hydrogen-bond donors (Lipinski definition) is 5. The van der Waals surface area contributed by atoms with Crippen LogP contribution in [0.3, 0.4) is 0 Å². The second-order valence-corrected chi connectivity index (χ2v) is 8.79. The van der Waals surface area contributed by atoms with Crippen LogP contribution in [0.5, 0.6) is 5.75 Å². The first-order valence-electron chi connectivity index (χ1n) is 10.6. The normalized spacial score (nSPS) is 19.2. The number of nitrogens with one attached hydrogen (secondary N) is 2. The zero-order valence-corrected chi connectivity index (χ0v) is 18.5. The number of carboxylic acid groups (broad SMARTS) is 1. The van der Waals surface area contributed by atoms with Crippen molar-refractivity contribution in [1.82, 2.24) is 5.32 Å². The summed E-state index contributed by atoms with van der Waals surface area (Å²) in [6, 6.07) is 12.0. The summed E-state index contributed by atoms with van der Waals surface area (Å²) >= 11 is 0. The summed E-state index contributed by atoms with van der Waals surface area (Å²) in [5.41, 5.74) is -1.05. The first-order chi connectivity index (χ1) is 15.5. The average Bonchev–Trinajstić information content (AvgIpc) is 3.07. The smallest absolute Gasteiger partial charge is 0.326 e. The molecule has 0 bridgehead atoms. The van der Waals surface area contributed by atoms with Gasteiger partial charge in [0.2, 0.25) is 11.8 Å². The number of phenols is 1. The van der Waals surface area contributed by atoms with Crippen LogP contribution in [0.2, 0.25) is 0 Å². The number of allylic oxidation sites excluding steroid dienone is 1. The number of para-hydroxylation sites is 1. The van der Waals surface area contributed by atoms with E-state index in [1.807, 2.05) is 0 Å². The lowest BCUT2D eigenvalue weighted by Gasteiger charge is -2.42. The number of rotatable bonds is 9. The molecule has 1 aliphatic heterocycles. The molecule has 0 spiro atoms. The number of aliphatic hydroxyl groups is 1. The van der Waals surface area contributed by atoms with Crippen LogP contribution < -0.4 is 10.6 Å². The Morgan fingerprint density at radius 1 is 1.18 bits per heavy atom. The lowest BCUT2D eigenvalue weighted by molar-refractivity contribution is -0.145. The molecule has 1 heterocycles. The minimum Gasteiger partial charge on any atom is -0.506 e. The third-order valence-electron chi connectivity index (χ3n) is 6.44. The zero-order chi connectivity index (χ0) is 24.4. The Morgan fingerprint density at radius 2 is 1.85 bits per heavy atom. The Hall–Kier alpha value is -3.65. The number of hydrogen-bond acceptors (Lipinski definition) is 5. The predicted octanol–water partition coefficient (Wildman–Crippen LogP) is 2.36. The van der Waals surface area contributed by atoms with E-state index < -0.39 is 40.8 Å². The van der Waals surface area contributed by atoms with Gasteiger partial charge in [0.25, 0.3) is 0 Å². The van der Waals surface area contributed by atoms with E-state index in [1.54, 1.807) is 62.4 Å². The van der Waals surface area contributed by atoms with Crippen molar-refractivity contribution in [1.29, 1.82) is 0 Å². The first kappa shape index (κ1) is 24.0. The van der Waals surface area contributed by atoms with Crippen molar-refractivity contribution in [3.8, 4) is 5.75 Å². The number of aromatic hydroxyl groups is 1. The Labute approximate surface area is 192 Å². The Morgan fingerprint density at radius 3 is 2.45 bits per heavy atom. The molecule has 2 amide bonds. The van der Waals surface area contributed by atoms with E-state index in [9.17, 15) is 29.7 Å². The van der Waals surface area contributed by atoms with Gasteiger partial charge in [-0.05, 0) is 23.6 Å². The monoisotopic (exact) mass is 452 g/mol. The highest BCUT2D eigenvalue weighted by Gasteiger charge is 2.57. The number of aliphatic carboxylic acids is 1. The van der Waals surface area contributed by atoms with Gasteiger partial charge >= 0.3 is 5.97 Å². The Bertz CT molecular complexity index is 1080. The minimum atomic E-state index is -1.49. The lowest BCUT2D eigenvalue weighted by atomic mass is 9.59. The highest BCUT2D eigenvalue weighted by atomic mass is 16.4. The van der Waals surface area contributed by atoms with Gasteiger partial charge in [-0.1, -0.05) is 62.4 Å². The van der Waals surface area contributed by atoms with E-state index in [4.69, 9.17) is 0 Å². The van der Waals surface area contributed by atoms with Gasteiger partial charge in [-0.25, -0.2) is 4.79 Å². The van der Waals surface area contributed by atoms with Crippen molar-refractivity contribution >= 4 is 23.5 Å². The van der Waals surface area contributed by atoms with Gasteiger partial charge in [-0.2, -0.15) is 0 Å². The van der Waals surface area contributed by atoms with Crippen molar-refractivity contribution in [3.05, 3.63) is 72.3 Å². The molecule has 0 radical (unpaired) electrons. The first-order valence-corrected chi connectivity index (χ1v) is 10.6. The van der Waals surface area contributed by atoms with Crippen molar-refractivity contribution in [2.75, 3.05) is 5.32 Å². The van der Waals surface area contributed by atoms with Gasteiger partial charge in [-0.15, -0.1) is 6.58 Å². The number of amides is 2. The summed E-state index contributed by atoms with van der Waals surface area (Å²) in [5.74, 6) is -2.85. The van der Waals surface area contributed by atoms with Crippen molar-refractivity contribution in [2.45, 2.75) is 44.2 Å². The van der Waals surface area contributed by atoms with Gasteiger partial charge in [-0.3, -0.25) is 9.59 Å². The van der Waals surface area contributed by atoms with Gasteiger partial charge in [0.1, 0.15) is 17.9 Å². The van der Waals surface area contributed by atoms with E-state index in [-0.39, 0.29) is 24.3 Å². The van der Waals surface area contributed by atoms with Crippen molar-refractivity contribution < 1.29 is 29.7 Å². The topological polar surface area (TPSA) is 136 Å². The maximum atomic E-state index is 13.3. The number of aliphatic hydroxyl groups excluding tert-OH is 1. The molecule has 1 aliphatic rings.